The molecule has 144 valence electrons. The van der Waals surface area contributed by atoms with E-state index < -0.39 is 11.7 Å². The van der Waals surface area contributed by atoms with Crippen molar-refractivity contribution in [1.82, 2.24) is 9.80 Å². The van der Waals surface area contributed by atoms with Gasteiger partial charge in [0.05, 0.1) is 11.7 Å². The fourth-order valence-electron chi connectivity index (χ4n) is 3.95. The summed E-state index contributed by atoms with van der Waals surface area (Å²) in [5.41, 5.74) is -0.442. The van der Waals surface area contributed by atoms with Crippen LogP contribution < -0.4 is 0 Å². The molecule has 1 aromatic rings. The van der Waals surface area contributed by atoms with Crippen molar-refractivity contribution in [1.29, 1.82) is 0 Å². The van der Waals surface area contributed by atoms with E-state index in [1.54, 1.807) is 4.90 Å². The minimum atomic E-state index is -4.39. The van der Waals surface area contributed by atoms with E-state index in [9.17, 15) is 23.1 Å². The smallest absolute Gasteiger partial charge is 0.393 e. The van der Waals surface area contributed by atoms with Crippen LogP contribution in [0.5, 0.6) is 0 Å². The second-order valence-corrected chi connectivity index (χ2v) is 7.50. The fraction of sp³-hybridized carbons (Fsp3) is 0.632. The lowest BCUT2D eigenvalue weighted by Crippen LogP contribution is -2.45. The first-order valence-electron chi connectivity index (χ1n) is 9.12. The normalized spacial score (nSPS) is 27.7. The Hall–Kier alpha value is -1.60. The van der Waals surface area contributed by atoms with Gasteiger partial charge in [-0.05, 0) is 56.4 Å². The number of hydrogen-bond donors (Lipinski definition) is 1. The topological polar surface area (TPSA) is 43.8 Å². The van der Waals surface area contributed by atoms with Gasteiger partial charge in [-0.2, -0.15) is 13.2 Å². The zero-order valence-electron chi connectivity index (χ0n) is 14.9. The van der Waals surface area contributed by atoms with Gasteiger partial charge in [-0.15, -0.1) is 0 Å². The first-order valence-corrected chi connectivity index (χ1v) is 9.12. The van der Waals surface area contributed by atoms with Crippen molar-refractivity contribution in [3.63, 3.8) is 0 Å². The predicted molar refractivity (Wildman–Crippen MR) is 91.7 cm³/mol. The fourth-order valence-corrected chi connectivity index (χ4v) is 3.95. The zero-order valence-corrected chi connectivity index (χ0v) is 14.9. The number of piperidine rings is 1. The molecule has 7 heteroatoms. The Bertz CT molecular complexity index is 633. The van der Waals surface area contributed by atoms with Crippen LogP contribution in [0.2, 0.25) is 0 Å². The lowest BCUT2D eigenvalue weighted by Gasteiger charge is -2.37. The Morgan fingerprint density at radius 1 is 1.19 bits per heavy atom. The van der Waals surface area contributed by atoms with Crippen molar-refractivity contribution in [2.24, 2.45) is 5.92 Å². The molecular formula is C19H25F3N2O2. The number of aliphatic hydroxyl groups excluding tert-OH is 1. The van der Waals surface area contributed by atoms with Crippen LogP contribution in [0.1, 0.15) is 42.1 Å². The molecule has 2 unspecified atom stereocenters. The maximum atomic E-state index is 12.6. The SMILES string of the molecule is CC1CC(O)CCN1C[C@H]1CCN(C(=O)c2ccc(C(F)(F)F)cc2)C1. The molecule has 4 nitrogen and oxygen atoms in total. The summed E-state index contributed by atoms with van der Waals surface area (Å²) in [4.78, 5) is 16.6. The van der Waals surface area contributed by atoms with Crippen LogP contribution >= 0.6 is 0 Å². The van der Waals surface area contributed by atoms with E-state index in [0.29, 0.717) is 30.6 Å². The standard InChI is InChI=1S/C19H25F3N2O2/c1-13-10-17(25)7-9-23(13)11-14-6-8-24(12-14)18(26)15-2-4-16(5-3-15)19(20,21)22/h2-5,13-14,17,25H,6-12H2,1H3/t13?,14-,17?/m1/s1. The van der Waals surface area contributed by atoms with Gasteiger partial charge >= 0.3 is 6.18 Å². The summed E-state index contributed by atoms with van der Waals surface area (Å²) in [6.45, 7) is 5.14. The monoisotopic (exact) mass is 370 g/mol. The lowest BCUT2D eigenvalue weighted by atomic mass is 9.98. The number of amides is 1. The highest BCUT2D eigenvalue weighted by Crippen LogP contribution is 2.30. The van der Waals surface area contributed by atoms with E-state index in [4.69, 9.17) is 0 Å². The van der Waals surface area contributed by atoms with Gasteiger partial charge < -0.3 is 14.9 Å². The van der Waals surface area contributed by atoms with Gasteiger partial charge in [0.15, 0.2) is 0 Å². The van der Waals surface area contributed by atoms with Gasteiger partial charge in [-0.1, -0.05) is 0 Å². The highest BCUT2D eigenvalue weighted by Gasteiger charge is 2.33. The molecule has 2 heterocycles. The molecule has 2 fully saturated rings. The van der Waals surface area contributed by atoms with Crippen molar-refractivity contribution < 1.29 is 23.1 Å². The van der Waals surface area contributed by atoms with Crippen molar-refractivity contribution in [3.05, 3.63) is 35.4 Å². The summed E-state index contributed by atoms with van der Waals surface area (Å²) in [5.74, 6) is 0.162. The molecule has 3 rings (SSSR count). The van der Waals surface area contributed by atoms with Crippen LogP contribution in [0.4, 0.5) is 13.2 Å². The summed E-state index contributed by atoms with van der Waals surface area (Å²) >= 11 is 0. The molecule has 0 saturated carbocycles. The van der Waals surface area contributed by atoms with Gasteiger partial charge in [0, 0.05) is 37.8 Å². The zero-order chi connectivity index (χ0) is 18.9. The molecule has 0 aliphatic carbocycles. The number of nitrogens with zero attached hydrogens (tertiary/aromatic N) is 2. The second kappa shape index (κ2) is 7.56. The number of rotatable bonds is 3. The largest absolute Gasteiger partial charge is 0.416 e. The van der Waals surface area contributed by atoms with Gasteiger partial charge in [0.25, 0.3) is 5.91 Å². The van der Waals surface area contributed by atoms with E-state index >= 15 is 0 Å². The summed E-state index contributed by atoms with van der Waals surface area (Å²) in [6, 6.07) is 4.76. The summed E-state index contributed by atoms with van der Waals surface area (Å²) < 4.78 is 37.9. The third kappa shape index (κ3) is 4.38. The van der Waals surface area contributed by atoms with E-state index in [0.717, 1.165) is 44.5 Å². The summed E-state index contributed by atoms with van der Waals surface area (Å²) in [5, 5.41) is 9.72. The van der Waals surface area contributed by atoms with E-state index in [2.05, 4.69) is 11.8 Å². The Morgan fingerprint density at radius 2 is 1.88 bits per heavy atom. The van der Waals surface area contributed by atoms with Crippen LogP contribution in [0, 0.1) is 5.92 Å². The van der Waals surface area contributed by atoms with Crippen molar-refractivity contribution in [2.75, 3.05) is 26.2 Å². The minimum absolute atomic E-state index is 0.205. The number of hydrogen-bond acceptors (Lipinski definition) is 3. The molecule has 0 spiro atoms. The predicted octanol–water partition coefficient (Wildman–Crippen LogP) is 3.01. The van der Waals surface area contributed by atoms with E-state index in [-0.39, 0.29) is 12.0 Å². The van der Waals surface area contributed by atoms with Crippen LogP contribution in [0.3, 0.4) is 0 Å². The third-order valence-electron chi connectivity index (χ3n) is 5.51. The molecule has 1 N–H and O–H groups in total. The summed E-state index contributed by atoms with van der Waals surface area (Å²) in [6.07, 6.45) is -2.15. The van der Waals surface area contributed by atoms with Crippen LogP contribution in [-0.4, -0.2) is 59.1 Å². The molecular weight excluding hydrogens is 345 g/mol. The van der Waals surface area contributed by atoms with Crippen molar-refractivity contribution >= 4 is 5.91 Å². The summed E-state index contributed by atoms with van der Waals surface area (Å²) in [7, 11) is 0. The molecule has 26 heavy (non-hydrogen) atoms. The van der Waals surface area contributed by atoms with Gasteiger partial charge in [-0.25, -0.2) is 0 Å². The number of aliphatic hydroxyl groups is 1. The van der Waals surface area contributed by atoms with Crippen molar-refractivity contribution in [2.45, 2.75) is 44.5 Å². The highest BCUT2D eigenvalue weighted by atomic mass is 19.4. The Morgan fingerprint density at radius 3 is 2.50 bits per heavy atom. The average molecular weight is 370 g/mol. The van der Waals surface area contributed by atoms with E-state index in [1.807, 2.05) is 0 Å². The number of benzene rings is 1. The van der Waals surface area contributed by atoms with Crippen LogP contribution in [0.15, 0.2) is 24.3 Å². The average Bonchev–Trinajstić information content (AvgIpc) is 3.05. The quantitative estimate of drug-likeness (QED) is 0.890. The number of halogens is 3. The van der Waals surface area contributed by atoms with Gasteiger partial charge in [0.1, 0.15) is 0 Å². The minimum Gasteiger partial charge on any atom is -0.393 e. The maximum Gasteiger partial charge on any atom is 0.416 e. The molecule has 2 aliphatic heterocycles. The third-order valence-corrected chi connectivity index (χ3v) is 5.51. The number of alkyl halides is 3. The van der Waals surface area contributed by atoms with Gasteiger partial charge in [0.2, 0.25) is 0 Å². The molecule has 1 aromatic carbocycles. The molecule has 2 saturated heterocycles. The number of carbonyl (C=O) groups excluding carboxylic acids is 1. The van der Waals surface area contributed by atoms with Crippen molar-refractivity contribution in [3.8, 4) is 0 Å². The van der Waals surface area contributed by atoms with Crippen LogP contribution in [-0.2, 0) is 6.18 Å². The second-order valence-electron chi connectivity index (χ2n) is 7.50. The molecule has 1 amide bonds. The first-order chi connectivity index (χ1) is 12.2. The van der Waals surface area contributed by atoms with E-state index in [1.165, 1.54) is 12.1 Å². The molecule has 3 atom stereocenters. The number of likely N-dealkylation sites (tertiary alicyclic amines) is 2. The molecule has 0 bridgehead atoms. The maximum absolute atomic E-state index is 12.6. The Kier molecular flexibility index (Phi) is 5.58. The Balaban J connectivity index is 1.55. The lowest BCUT2D eigenvalue weighted by molar-refractivity contribution is -0.137. The number of carbonyl (C=O) groups is 1. The molecule has 2 aliphatic rings. The highest BCUT2D eigenvalue weighted by molar-refractivity contribution is 5.94. The first kappa shape index (κ1) is 19.2. The Labute approximate surface area is 151 Å². The molecule has 0 aromatic heterocycles. The van der Waals surface area contributed by atoms with Gasteiger partial charge in [-0.3, -0.25) is 4.79 Å². The van der Waals surface area contributed by atoms with Crippen LogP contribution in [0.25, 0.3) is 0 Å². The molecule has 0 radical (unpaired) electrons.